The van der Waals surface area contributed by atoms with Gasteiger partial charge in [-0.25, -0.2) is 8.78 Å². The minimum Gasteiger partial charge on any atom is -0.491 e. The van der Waals surface area contributed by atoms with Gasteiger partial charge in [0.2, 0.25) is 0 Å². The van der Waals surface area contributed by atoms with E-state index in [1.807, 2.05) is 0 Å². The fourth-order valence-electron chi connectivity index (χ4n) is 2.78. The predicted octanol–water partition coefficient (Wildman–Crippen LogP) is 4.38. The van der Waals surface area contributed by atoms with Gasteiger partial charge in [0, 0.05) is 24.3 Å². The summed E-state index contributed by atoms with van der Waals surface area (Å²) in [6, 6.07) is 10.1. The van der Waals surface area contributed by atoms with Gasteiger partial charge in [-0.05, 0) is 23.6 Å². The van der Waals surface area contributed by atoms with Crippen LogP contribution in [-0.4, -0.2) is 35.5 Å². The van der Waals surface area contributed by atoms with E-state index < -0.39 is 24.6 Å². The number of fused-ring (bicyclic) bond motifs is 1. The fourth-order valence-corrected chi connectivity index (χ4v) is 2.78. The number of alkyl halides is 4. The number of hydrogen-bond donors (Lipinski definition) is 1. The highest BCUT2D eigenvalue weighted by atomic mass is 19.3. The van der Waals surface area contributed by atoms with Crippen LogP contribution in [0.4, 0.5) is 23.2 Å². The first-order valence-electron chi connectivity index (χ1n) is 8.53. The summed E-state index contributed by atoms with van der Waals surface area (Å²) in [6.07, 6.45) is -1.67. The van der Waals surface area contributed by atoms with Crippen molar-refractivity contribution in [3.63, 3.8) is 0 Å². The van der Waals surface area contributed by atoms with E-state index in [-0.39, 0.29) is 18.8 Å². The van der Waals surface area contributed by atoms with Gasteiger partial charge in [-0.2, -0.15) is 13.9 Å². The molecule has 1 heterocycles. The van der Waals surface area contributed by atoms with Gasteiger partial charge in [0.25, 0.3) is 12.3 Å². The van der Waals surface area contributed by atoms with Crippen molar-refractivity contribution in [1.82, 2.24) is 9.78 Å². The first-order chi connectivity index (χ1) is 13.8. The molecule has 0 aliphatic rings. The number of benzene rings is 2. The molecular formula is C19H17F4N3O3. The quantitative estimate of drug-likeness (QED) is 0.441. The monoisotopic (exact) mass is 411 g/mol. The SMILES string of the molecule is Cn1cc(C(=O)Nc2cccc3ccc(OCCOC(F)F)cc23)c(C(F)F)n1. The first-order valence-corrected chi connectivity index (χ1v) is 8.53. The Balaban J connectivity index is 1.82. The van der Waals surface area contributed by atoms with E-state index in [0.29, 0.717) is 16.8 Å². The van der Waals surface area contributed by atoms with Crippen molar-refractivity contribution >= 4 is 22.4 Å². The van der Waals surface area contributed by atoms with Crippen molar-refractivity contribution < 1.29 is 31.8 Å². The summed E-state index contributed by atoms with van der Waals surface area (Å²) in [4.78, 5) is 12.5. The predicted molar refractivity (Wildman–Crippen MR) is 97.5 cm³/mol. The second-order valence-corrected chi connectivity index (χ2v) is 6.02. The molecule has 1 amide bonds. The zero-order valence-corrected chi connectivity index (χ0v) is 15.2. The standard InChI is InChI=1S/C19H17F4N3O3/c1-26-10-14(16(25-26)17(20)21)18(27)24-15-4-2-3-11-5-6-12(9-13(11)15)28-7-8-29-19(22)23/h2-6,9-10,17,19H,7-8H2,1H3,(H,24,27). The Kier molecular flexibility index (Phi) is 6.32. The molecule has 29 heavy (non-hydrogen) atoms. The van der Waals surface area contributed by atoms with Gasteiger partial charge in [-0.1, -0.05) is 18.2 Å². The summed E-state index contributed by atoms with van der Waals surface area (Å²) in [7, 11) is 1.45. The van der Waals surface area contributed by atoms with Gasteiger partial charge < -0.3 is 14.8 Å². The lowest BCUT2D eigenvalue weighted by Crippen LogP contribution is -2.14. The van der Waals surface area contributed by atoms with E-state index in [1.54, 1.807) is 36.4 Å². The zero-order chi connectivity index (χ0) is 21.0. The Labute approximate surface area is 163 Å². The minimum atomic E-state index is -2.89. The van der Waals surface area contributed by atoms with Crippen LogP contribution >= 0.6 is 0 Å². The Bertz CT molecular complexity index is 1010. The largest absolute Gasteiger partial charge is 0.491 e. The van der Waals surface area contributed by atoms with Crippen molar-refractivity contribution in [2.45, 2.75) is 13.0 Å². The molecule has 0 radical (unpaired) electrons. The molecule has 3 rings (SSSR count). The van der Waals surface area contributed by atoms with Crippen LogP contribution in [0.2, 0.25) is 0 Å². The van der Waals surface area contributed by atoms with Crippen molar-refractivity contribution in [2.24, 2.45) is 7.05 Å². The summed E-state index contributed by atoms with van der Waals surface area (Å²) in [6.45, 7) is -3.24. The average molecular weight is 411 g/mol. The van der Waals surface area contributed by atoms with E-state index >= 15 is 0 Å². The van der Waals surface area contributed by atoms with Crippen molar-refractivity contribution in [1.29, 1.82) is 0 Å². The molecule has 1 N–H and O–H groups in total. The van der Waals surface area contributed by atoms with Gasteiger partial charge in [0.05, 0.1) is 12.2 Å². The Morgan fingerprint density at radius 3 is 2.69 bits per heavy atom. The number of halogens is 4. The molecule has 0 saturated carbocycles. The zero-order valence-electron chi connectivity index (χ0n) is 15.2. The van der Waals surface area contributed by atoms with Gasteiger partial charge in [0.1, 0.15) is 18.1 Å². The molecule has 0 atom stereocenters. The van der Waals surface area contributed by atoms with Crippen LogP contribution in [0.15, 0.2) is 42.6 Å². The van der Waals surface area contributed by atoms with Gasteiger partial charge in [-0.15, -0.1) is 0 Å². The second-order valence-electron chi connectivity index (χ2n) is 6.02. The molecule has 154 valence electrons. The molecule has 10 heteroatoms. The van der Waals surface area contributed by atoms with Crippen molar-refractivity contribution in [2.75, 3.05) is 18.5 Å². The summed E-state index contributed by atoms with van der Waals surface area (Å²) < 4.78 is 60.9. The molecule has 1 aromatic heterocycles. The summed E-state index contributed by atoms with van der Waals surface area (Å²) in [5, 5.41) is 7.59. The number of aromatic nitrogens is 2. The maximum absolute atomic E-state index is 13.1. The van der Waals surface area contributed by atoms with Crippen LogP contribution in [-0.2, 0) is 11.8 Å². The molecule has 6 nitrogen and oxygen atoms in total. The summed E-state index contributed by atoms with van der Waals surface area (Å²) >= 11 is 0. The van der Waals surface area contributed by atoms with Gasteiger partial charge in [0.15, 0.2) is 0 Å². The lowest BCUT2D eigenvalue weighted by molar-refractivity contribution is -0.133. The van der Waals surface area contributed by atoms with Crippen LogP contribution in [0.3, 0.4) is 0 Å². The number of nitrogens with one attached hydrogen (secondary N) is 1. The molecule has 2 aromatic carbocycles. The van der Waals surface area contributed by atoms with Crippen LogP contribution in [0, 0.1) is 0 Å². The normalized spacial score (nSPS) is 11.4. The van der Waals surface area contributed by atoms with Crippen LogP contribution < -0.4 is 10.1 Å². The highest BCUT2D eigenvalue weighted by Crippen LogP contribution is 2.29. The van der Waals surface area contributed by atoms with Crippen LogP contribution in [0.5, 0.6) is 5.75 Å². The second kappa shape index (κ2) is 8.91. The third kappa shape index (κ3) is 5.02. The smallest absolute Gasteiger partial charge is 0.345 e. The lowest BCUT2D eigenvalue weighted by atomic mass is 10.1. The van der Waals surface area contributed by atoms with E-state index in [2.05, 4.69) is 15.2 Å². The first kappa shape index (κ1) is 20.6. The van der Waals surface area contributed by atoms with Crippen LogP contribution in [0.25, 0.3) is 10.8 Å². The number of anilines is 1. The molecule has 3 aromatic rings. The van der Waals surface area contributed by atoms with Crippen molar-refractivity contribution in [3.05, 3.63) is 53.9 Å². The molecule has 0 unspecified atom stereocenters. The Morgan fingerprint density at radius 2 is 1.97 bits per heavy atom. The number of aryl methyl sites for hydroxylation is 1. The molecule has 0 saturated heterocycles. The van der Waals surface area contributed by atoms with Crippen LogP contribution in [0.1, 0.15) is 22.5 Å². The number of carbonyl (C=O) groups is 1. The number of carbonyl (C=O) groups excluding carboxylic acids is 1. The average Bonchev–Trinajstić information content (AvgIpc) is 3.08. The molecular weight excluding hydrogens is 394 g/mol. The molecule has 0 fully saturated rings. The number of hydrogen-bond acceptors (Lipinski definition) is 4. The topological polar surface area (TPSA) is 65.4 Å². The molecule has 0 aliphatic carbocycles. The van der Waals surface area contributed by atoms with Gasteiger partial charge in [-0.3, -0.25) is 9.48 Å². The Morgan fingerprint density at radius 1 is 1.17 bits per heavy atom. The minimum absolute atomic E-state index is 0.0855. The maximum atomic E-state index is 13.1. The maximum Gasteiger partial charge on any atom is 0.345 e. The highest BCUT2D eigenvalue weighted by molar-refractivity contribution is 6.09. The highest BCUT2D eigenvalue weighted by Gasteiger charge is 2.23. The van der Waals surface area contributed by atoms with E-state index in [9.17, 15) is 22.4 Å². The fraction of sp³-hybridized carbons (Fsp3) is 0.263. The third-order valence-corrected chi connectivity index (χ3v) is 4.01. The summed E-state index contributed by atoms with van der Waals surface area (Å²) in [5.41, 5.74) is -0.449. The van der Waals surface area contributed by atoms with Gasteiger partial charge >= 0.3 is 6.61 Å². The number of rotatable bonds is 8. The summed E-state index contributed by atoms with van der Waals surface area (Å²) in [5.74, 6) is -0.343. The lowest BCUT2D eigenvalue weighted by Gasteiger charge is -2.11. The number of amides is 1. The number of ether oxygens (including phenoxy) is 2. The third-order valence-electron chi connectivity index (χ3n) is 4.01. The Hall–Kier alpha value is -3.14. The number of nitrogens with zero attached hydrogens (tertiary/aromatic N) is 2. The van der Waals surface area contributed by atoms with E-state index in [1.165, 1.54) is 13.2 Å². The molecule has 0 spiro atoms. The molecule has 0 bridgehead atoms. The van der Waals surface area contributed by atoms with E-state index in [0.717, 1.165) is 10.1 Å². The van der Waals surface area contributed by atoms with Crippen molar-refractivity contribution in [3.8, 4) is 5.75 Å². The van der Waals surface area contributed by atoms with E-state index in [4.69, 9.17) is 4.74 Å². The molecule has 0 aliphatic heterocycles.